The van der Waals surface area contributed by atoms with Crippen molar-refractivity contribution in [1.29, 1.82) is 0 Å². The highest BCUT2D eigenvalue weighted by Gasteiger charge is 2.22. The van der Waals surface area contributed by atoms with Gasteiger partial charge in [-0.25, -0.2) is 0 Å². The largest absolute Gasteiger partial charge is 0.322 e. The molecule has 2 aromatic carbocycles. The molecule has 2 amide bonds. The third kappa shape index (κ3) is 3.96. The van der Waals surface area contributed by atoms with E-state index in [0.717, 1.165) is 22.3 Å². The molecule has 1 heterocycles. The van der Waals surface area contributed by atoms with Gasteiger partial charge in [0.05, 0.1) is 11.8 Å². The number of nitrogens with zero attached hydrogens (tertiary/aromatic N) is 2. The van der Waals surface area contributed by atoms with Gasteiger partial charge >= 0.3 is 0 Å². The molecule has 0 spiro atoms. The lowest BCUT2D eigenvalue weighted by Crippen LogP contribution is -2.22. The molecule has 3 rings (SSSR count). The molecule has 0 bridgehead atoms. The standard InChI is InChI=1S/C22H24N4O2/c1-13-6-8-17(10-15(13)3)24-21(27)19-12-23-26(5)20(19)22(28)25-18-9-7-14(2)16(4)11-18/h6-12H,1-5H3,(H,24,27)(H,25,28). The molecule has 3 aromatic rings. The van der Waals surface area contributed by atoms with Crippen molar-refractivity contribution in [3.05, 3.63) is 76.1 Å². The number of aryl methyl sites for hydroxylation is 5. The minimum absolute atomic E-state index is 0.208. The number of carbonyl (C=O) groups excluding carboxylic acids is 2. The first-order chi connectivity index (χ1) is 13.3. The van der Waals surface area contributed by atoms with Gasteiger partial charge in [0, 0.05) is 18.4 Å². The third-order valence-corrected chi connectivity index (χ3v) is 4.93. The molecule has 0 fully saturated rings. The van der Waals surface area contributed by atoms with E-state index in [9.17, 15) is 9.59 Å². The predicted octanol–water partition coefficient (Wildman–Crippen LogP) is 4.16. The van der Waals surface area contributed by atoms with Crippen LogP contribution >= 0.6 is 0 Å². The number of hydrogen-bond donors (Lipinski definition) is 2. The molecule has 0 aliphatic rings. The summed E-state index contributed by atoms with van der Waals surface area (Å²) in [6.45, 7) is 7.99. The summed E-state index contributed by atoms with van der Waals surface area (Å²) in [4.78, 5) is 25.6. The Balaban J connectivity index is 1.83. The second-order valence-electron chi connectivity index (χ2n) is 7.04. The fraction of sp³-hybridized carbons (Fsp3) is 0.227. The smallest absolute Gasteiger partial charge is 0.274 e. The molecular weight excluding hydrogens is 352 g/mol. The van der Waals surface area contributed by atoms with Crippen LogP contribution in [0.1, 0.15) is 43.1 Å². The van der Waals surface area contributed by atoms with Gasteiger partial charge in [-0.2, -0.15) is 5.10 Å². The van der Waals surface area contributed by atoms with E-state index in [1.807, 2.05) is 64.1 Å². The van der Waals surface area contributed by atoms with E-state index in [1.165, 1.54) is 10.9 Å². The maximum atomic E-state index is 12.8. The van der Waals surface area contributed by atoms with Crippen LogP contribution in [-0.2, 0) is 7.05 Å². The highest BCUT2D eigenvalue weighted by atomic mass is 16.2. The van der Waals surface area contributed by atoms with Gasteiger partial charge in [0.15, 0.2) is 0 Å². The maximum absolute atomic E-state index is 12.8. The van der Waals surface area contributed by atoms with E-state index >= 15 is 0 Å². The number of nitrogens with one attached hydrogen (secondary N) is 2. The van der Waals surface area contributed by atoms with Crippen LogP contribution in [0.2, 0.25) is 0 Å². The fourth-order valence-corrected chi connectivity index (χ4v) is 2.90. The Morgan fingerprint density at radius 2 is 1.29 bits per heavy atom. The first kappa shape index (κ1) is 19.4. The molecule has 0 atom stereocenters. The number of aromatic nitrogens is 2. The highest BCUT2D eigenvalue weighted by molar-refractivity contribution is 6.14. The first-order valence-corrected chi connectivity index (χ1v) is 9.05. The van der Waals surface area contributed by atoms with Crippen LogP contribution in [0.5, 0.6) is 0 Å². The van der Waals surface area contributed by atoms with Gasteiger partial charge in [0.1, 0.15) is 5.69 Å². The Morgan fingerprint density at radius 1 is 0.786 bits per heavy atom. The van der Waals surface area contributed by atoms with Crippen molar-refractivity contribution < 1.29 is 9.59 Å². The zero-order valence-electron chi connectivity index (χ0n) is 16.8. The summed E-state index contributed by atoms with van der Waals surface area (Å²) in [7, 11) is 1.64. The lowest BCUT2D eigenvalue weighted by Gasteiger charge is -2.10. The highest BCUT2D eigenvalue weighted by Crippen LogP contribution is 2.19. The third-order valence-electron chi connectivity index (χ3n) is 4.93. The molecule has 28 heavy (non-hydrogen) atoms. The zero-order valence-corrected chi connectivity index (χ0v) is 16.8. The summed E-state index contributed by atoms with van der Waals surface area (Å²) in [6.07, 6.45) is 1.41. The van der Waals surface area contributed by atoms with Crippen molar-refractivity contribution in [3.63, 3.8) is 0 Å². The second kappa shape index (κ2) is 7.68. The molecular formula is C22H24N4O2. The number of benzene rings is 2. The molecule has 2 N–H and O–H groups in total. The van der Waals surface area contributed by atoms with Crippen LogP contribution in [0.15, 0.2) is 42.6 Å². The summed E-state index contributed by atoms with van der Waals surface area (Å²) < 4.78 is 1.41. The molecule has 144 valence electrons. The maximum Gasteiger partial charge on any atom is 0.274 e. The van der Waals surface area contributed by atoms with Gasteiger partial charge in [0.25, 0.3) is 11.8 Å². The summed E-state index contributed by atoms with van der Waals surface area (Å²) >= 11 is 0. The second-order valence-corrected chi connectivity index (χ2v) is 7.04. The molecule has 0 unspecified atom stereocenters. The van der Waals surface area contributed by atoms with Crippen molar-refractivity contribution >= 4 is 23.2 Å². The summed E-state index contributed by atoms with van der Waals surface area (Å²) in [5, 5.41) is 9.79. The van der Waals surface area contributed by atoms with E-state index < -0.39 is 0 Å². The zero-order chi connectivity index (χ0) is 20.4. The van der Waals surface area contributed by atoms with E-state index in [2.05, 4.69) is 15.7 Å². The van der Waals surface area contributed by atoms with Gasteiger partial charge in [0.2, 0.25) is 0 Å². The fourth-order valence-electron chi connectivity index (χ4n) is 2.90. The molecule has 0 aliphatic heterocycles. The van der Waals surface area contributed by atoms with Gasteiger partial charge in [-0.05, 0) is 74.2 Å². The number of carbonyl (C=O) groups is 2. The average Bonchev–Trinajstić information content (AvgIpc) is 3.03. The van der Waals surface area contributed by atoms with Crippen LogP contribution < -0.4 is 10.6 Å². The Kier molecular flexibility index (Phi) is 5.31. The summed E-state index contributed by atoms with van der Waals surface area (Å²) in [5.41, 5.74) is 6.24. The van der Waals surface area contributed by atoms with Crippen LogP contribution in [0, 0.1) is 27.7 Å². The van der Waals surface area contributed by atoms with Crippen molar-refractivity contribution in [2.75, 3.05) is 10.6 Å². The lowest BCUT2D eigenvalue weighted by atomic mass is 10.1. The van der Waals surface area contributed by atoms with Crippen molar-refractivity contribution in [1.82, 2.24) is 9.78 Å². The molecule has 0 aliphatic carbocycles. The van der Waals surface area contributed by atoms with Gasteiger partial charge in [-0.3, -0.25) is 14.3 Å². The quantitative estimate of drug-likeness (QED) is 0.718. The number of anilines is 2. The SMILES string of the molecule is Cc1ccc(NC(=O)c2cnn(C)c2C(=O)Nc2ccc(C)c(C)c2)cc1C. The molecule has 1 aromatic heterocycles. The number of hydrogen-bond acceptors (Lipinski definition) is 3. The van der Waals surface area contributed by atoms with Gasteiger partial charge in [-0.1, -0.05) is 12.1 Å². The lowest BCUT2D eigenvalue weighted by molar-refractivity contribution is 0.0985. The predicted molar refractivity (Wildman–Crippen MR) is 111 cm³/mol. The Labute approximate surface area is 164 Å². The number of amides is 2. The Bertz CT molecular complexity index is 1070. The number of rotatable bonds is 4. The van der Waals surface area contributed by atoms with Crippen molar-refractivity contribution in [2.24, 2.45) is 7.05 Å². The van der Waals surface area contributed by atoms with E-state index in [0.29, 0.717) is 11.4 Å². The minimum Gasteiger partial charge on any atom is -0.322 e. The molecule has 6 heteroatoms. The van der Waals surface area contributed by atoms with Crippen molar-refractivity contribution in [2.45, 2.75) is 27.7 Å². The van der Waals surface area contributed by atoms with E-state index in [1.54, 1.807) is 7.05 Å². The minimum atomic E-state index is -0.381. The van der Waals surface area contributed by atoms with Gasteiger partial charge < -0.3 is 10.6 Å². The van der Waals surface area contributed by atoms with Crippen molar-refractivity contribution in [3.8, 4) is 0 Å². The normalized spacial score (nSPS) is 10.6. The van der Waals surface area contributed by atoms with Crippen LogP contribution in [0.4, 0.5) is 11.4 Å². The Morgan fingerprint density at radius 3 is 1.79 bits per heavy atom. The molecule has 0 saturated heterocycles. The van der Waals surface area contributed by atoms with E-state index in [-0.39, 0.29) is 23.1 Å². The first-order valence-electron chi connectivity index (χ1n) is 9.05. The molecule has 0 saturated carbocycles. The Hall–Kier alpha value is -3.41. The average molecular weight is 376 g/mol. The van der Waals surface area contributed by atoms with Crippen LogP contribution in [-0.4, -0.2) is 21.6 Å². The monoisotopic (exact) mass is 376 g/mol. The van der Waals surface area contributed by atoms with Crippen LogP contribution in [0.3, 0.4) is 0 Å². The summed E-state index contributed by atoms with van der Waals surface area (Å²) in [6, 6.07) is 11.4. The van der Waals surface area contributed by atoms with Crippen LogP contribution in [0.25, 0.3) is 0 Å². The summed E-state index contributed by atoms with van der Waals surface area (Å²) in [5.74, 6) is -0.755. The van der Waals surface area contributed by atoms with E-state index in [4.69, 9.17) is 0 Å². The van der Waals surface area contributed by atoms with Gasteiger partial charge in [-0.15, -0.1) is 0 Å². The molecule has 6 nitrogen and oxygen atoms in total. The topological polar surface area (TPSA) is 76.0 Å². The molecule has 0 radical (unpaired) electrons.